The van der Waals surface area contributed by atoms with Crippen molar-refractivity contribution in [3.63, 3.8) is 0 Å². The summed E-state index contributed by atoms with van der Waals surface area (Å²) < 4.78 is 0. The van der Waals surface area contributed by atoms with Gasteiger partial charge in [-0.3, -0.25) is 4.79 Å². The number of carbonyl (C=O) groups excluding carboxylic acids is 1. The van der Waals surface area contributed by atoms with Gasteiger partial charge in [-0.25, -0.2) is 0 Å². The van der Waals surface area contributed by atoms with Gasteiger partial charge in [0.25, 0.3) is 0 Å². The van der Waals surface area contributed by atoms with Crippen molar-refractivity contribution in [2.24, 2.45) is 0 Å². The molecule has 0 aliphatic carbocycles. The number of aliphatic hydroxyl groups excluding tert-OH is 3. The van der Waals surface area contributed by atoms with Gasteiger partial charge in [-0.05, 0) is 70.6 Å². The Bertz CT molecular complexity index is 943. The molecule has 0 aromatic rings. The molecule has 1 amide bonds. The Hall–Kier alpha value is -1.69. The van der Waals surface area contributed by atoms with Gasteiger partial charge in [0.15, 0.2) is 0 Å². The van der Waals surface area contributed by atoms with Gasteiger partial charge in [0.05, 0.1) is 18.8 Å². The number of aliphatic hydroxyl groups is 3. The molecule has 4 N–H and O–H groups in total. The number of hydrogen-bond donors (Lipinski definition) is 4. The minimum absolute atomic E-state index is 0.381. The Labute approximate surface area is 361 Å². The highest BCUT2D eigenvalue weighted by molar-refractivity contribution is 5.80. The highest BCUT2D eigenvalue weighted by atomic mass is 16.3. The van der Waals surface area contributed by atoms with Crippen LogP contribution in [0.2, 0.25) is 0 Å². The molecule has 3 unspecified atom stereocenters. The van der Waals surface area contributed by atoms with Gasteiger partial charge in [-0.1, -0.05) is 236 Å². The number of rotatable bonds is 46. The molecule has 5 heteroatoms. The average molecular weight is 814 g/mol. The third kappa shape index (κ3) is 42.4. The lowest BCUT2D eigenvalue weighted by Gasteiger charge is -2.21. The molecule has 0 radical (unpaired) electrons. The first-order valence-corrected chi connectivity index (χ1v) is 25.5. The van der Waals surface area contributed by atoms with Crippen LogP contribution in [0.15, 0.2) is 48.6 Å². The maximum atomic E-state index is 12.5. The molecule has 3 atom stereocenters. The average Bonchev–Trinajstić information content (AvgIpc) is 3.23. The van der Waals surface area contributed by atoms with Crippen LogP contribution in [0.5, 0.6) is 0 Å². The van der Waals surface area contributed by atoms with Crippen LogP contribution in [0.1, 0.15) is 258 Å². The highest BCUT2D eigenvalue weighted by Crippen LogP contribution is 2.16. The SMILES string of the molecule is CCCCC/C=C/CC/C=C/CC/C=C/C(O)C(CO)NC(=O)C(O)CCCCCCCCCCCCCCCCC/C=C\CCCCCCCCCCCCCC. The molecular formula is C53H99NO4. The van der Waals surface area contributed by atoms with Gasteiger partial charge in [0.1, 0.15) is 6.10 Å². The van der Waals surface area contributed by atoms with E-state index in [-0.39, 0.29) is 6.61 Å². The van der Waals surface area contributed by atoms with Gasteiger partial charge in [-0.15, -0.1) is 0 Å². The van der Waals surface area contributed by atoms with Gasteiger partial charge in [0.2, 0.25) is 5.91 Å². The fourth-order valence-corrected chi connectivity index (χ4v) is 7.62. The molecule has 0 aromatic carbocycles. The highest BCUT2D eigenvalue weighted by Gasteiger charge is 2.22. The minimum Gasteiger partial charge on any atom is -0.394 e. The van der Waals surface area contributed by atoms with Crippen molar-refractivity contribution >= 4 is 5.91 Å². The number of nitrogens with one attached hydrogen (secondary N) is 1. The van der Waals surface area contributed by atoms with Crippen LogP contribution in [0.4, 0.5) is 0 Å². The fourth-order valence-electron chi connectivity index (χ4n) is 7.62. The first kappa shape index (κ1) is 56.3. The Balaban J connectivity index is 3.55. The second-order valence-electron chi connectivity index (χ2n) is 17.4. The summed E-state index contributed by atoms with van der Waals surface area (Å²) in [5, 5.41) is 33.1. The van der Waals surface area contributed by atoms with Gasteiger partial charge in [0, 0.05) is 0 Å². The number of hydrogen-bond acceptors (Lipinski definition) is 4. The second-order valence-corrected chi connectivity index (χ2v) is 17.4. The molecule has 0 spiro atoms. The Morgan fingerprint density at radius 2 is 0.707 bits per heavy atom. The standard InChI is InChI=1S/C53H99NO4/c1-3-5-7-9-11-13-15-17-18-19-20-21-22-23-24-25-26-27-28-29-30-31-32-33-34-36-38-40-42-44-46-48-52(57)53(58)54-50(49-55)51(56)47-45-43-41-39-37-35-16-14-12-10-8-6-4-2/h12,14,23-24,37,39,45,47,50-52,55-57H,3-11,13,15-22,25-36,38,40-44,46,48-49H2,1-2H3,(H,54,58)/b14-12+,24-23-,39-37+,47-45+. The Morgan fingerprint density at radius 3 is 1.09 bits per heavy atom. The third-order valence-electron chi connectivity index (χ3n) is 11.6. The molecule has 0 aliphatic heterocycles. The molecule has 5 nitrogen and oxygen atoms in total. The van der Waals surface area contributed by atoms with E-state index >= 15 is 0 Å². The molecule has 0 aliphatic rings. The number of unbranched alkanes of at least 4 members (excludes halogenated alkanes) is 32. The van der Waals surface area contributed by atoms with Crippen LogP contribution in [0.3, 0.4) is 0 Å². The molecule has 0 saturated heterocycles. The van der Waals surface area contributed by atoms with Crippen molar-refractivity contribution in [3.8, 4) is 0 Å². The fraction of sp³-hybridized carbons (Fsp3) is 0.830. The molecule has 58 heavy (non-hydrogen) atoms. The molecule has 340 valence electrons. The largest absolute Gasteiger partial charge is 0.394 e. The van der Waals surface area contributed by atoms with E-state index < -0.39 is 24.2 Å². The lowest BCUT2D eigenvalue weighted by molar-refractivity contribution is -0.131. The van der Waals surface area contributed by atoms with Crippen LogP contribution in [0, 0.1) is 0 Å². The van der Waals surface area contributed by atoms with E-state index in [4.69, 9.17) is 0 Å². The molecule has 0 fully saturated rings. The summed E-state index contributed by atoms with van der Waals surface area (Å²) in [6.45, 7) is 4.14. The van der Waals surface area contributed by atoms with E-state index in [9.17, 15) is 20.1 Å². The number of allylic oxidation sites excluding steroid dienone is 7. The molecule has 0 saturated carbocycles. The molecule has 0 heterocycles. The van der Waals surface area contributed by atoms with Crippen LogP contribution in [0.25, 0.3) is 0 Å². The molecule has 0 rings (SSSR count). The summed E-state index contributed by atoms with van der Waals surface area (Å²) in [5.74, 6) is -0.517. The lowest BCUT2D eigenvalue weighted by Crippen LogP contribution is -2.48. The Morgan fingerprint density at radius 1 is 0.414 bits per heavy atom. The maximum absolute atomic E-state index is 12.5. The smallest absolute Gasteiger partial charge is 0.249 e. The van der Waals surface area contributed by atoms with Gasteiger partial charge >= 0.3 is 0 Å². The van der Waals surface area contributed by atoms with E-state index in [0.29, 0.717) is 6.42 Å². The monoisotopic (exact) mass is 814 g/mol. The van der Waals surface area contributed by atoms with Crippen molar-refractivity contribution in [3.05, 3.63) is 48.6 Å². The van der Waals surface area contributed by atoms with Crippen molar-refractivity contribution < 1.29 is 20.1 Å². The predicted molar refractivity (Wildman–Crippen MR) is 254 cm³/mol. The van der Waals surface area contributed by atoms with Crippen LogP contribution < -0.4 is 5.32 Å². The van der Waals surface area contributed by atoms with E-state index in [2.05, 4.69) is 55.6 Å². The summed E-state index contributed by atoms with van der Waals surface area (Å²) in [6, 6.07) is -0.820. The predicted octanol–water partition coefficient (Wildman–Crippen LogP) is 15.3. The van der Waals surface area contributed by atoms with Crippen molar-refractivity contribution in [2.75, 3.05) is 6.61 Å². The van der Waals surface area contributed by atoms with Crippen molar-refractivity contribution in [1.82, 2.24) is 5.32 Å². The van der Waals surface area contributed by atoms with Crippen LogP contribution >= 0.6 is 0 Å². The maximum Gasteiger partial charge on any atom is 0.249 e. The van der Waals surface area contributed by atoms with E-state index in [1.807, 2.05) is 6.08 Å². The summed E-state index contributed by atoms with van der Waals surface area (Å²) in [7, 11) is 0. The summed E-state index contributed by atoms with van der Waals surface area (Å²) in [4.78, 5) is 12.5. The van der Waals surface area contributed by atoms with E-state index in [1.165, 1.54) is 193 Å². The first-order valence-electron chi connectivity index (χ1n) is 25.5. The zero-order valence-electron chi connectivity index (χ0n) is 38.7. The molecule has 0 bridgehead atoms. The topological polar surface area (TPSA) is 89.8 Å². The first-order chi connectivity index (χ1) is 28.6. The van der Waals surface area contributed by atoms with Crippen LogP contribution in [-0.2, 0) is 4.79 Å². The second kappa shape index (κ2) is 48.0. The number of carbonyl (C=O) groups is 1. The molecule has 0 aromatic heterocycles. The normalized spacial score (nSPS) is 13.8. The van der Waals surface area contributed by atoms with Crippen molar-refractivity contribution in [2.45, 2.75) is 276 Å². The zero-order chi connectivity index (χ0) is 42.3. The van der Waals surface area contributed by atoms with Crippen LogP contribution in [-0.4, -0.2) is 46.1 Å². The summed E-state index contributed by atoms with van der Waals surface area (Å²) in [5.41, 5.74) is 0. The van der Waals surface area contributed by atoms with E-state index in [0.717, 1.165) is 44.9 Å². The lowest BCUT2D eigenvalue weighted by atomic mass is 10.0. The minimum atomic E-state index is -1.11. The third-order valence-corrected chi connectivity index (χ3v) is 11.6. The summed E-state index contributed by atoms with van der Waals surface area (Å²) >= 11 is 0. The van der Waals surface area contributed by atoms with Gasteiger partial charge < -0.3 is 20.6 Å². The molecular weight excluding hydrogens is 715 g/mol. The number of amides is 1. The zero-order valence-corrected chi connectivity index (χ0v) is 38.7. The van der Waals surface area contributed by atoms with E-state index in [1.54, 1.807) is 6.08 Å². The summed E-state index contributed by atoms with van der Waals surface area (Å²) in [6.07, 6.45) is 63.3. The van der Waals surface area contributed by atoms with Gasteiger partial charge in [-0.2, -0.15) is 0 Å². The Kier molecular flexibility index (Phi) is 46.6. The van der Waals surface area contributed by atoms with Crippen molar-refractivity contribution in [1.29, 1.82) is 0 Å². The quantitative estimate of drug-likeness (QED) is 0.0364.